The van der Waals surface area contributed by atoms with Crippen LogP contribution in [0.4, 0.5) is 0 Å². The number of methoxy groups -OCH3 is 1. The van der Waals surface area contributed by atoms with Gasteiger partial charge in [-0.05, 0) is 49.2 Å². The minimum absolute atomic E-state index is 0.738. The molecule has 4 nitrogen and oxygen atoms in total. The van der Waals surface area contributed by atoms with Crippen molar-refractivity contribution in [3.63, 3.8) is 0 Å². The van der Waals surface area contributed by atoms with Crippen LogP contribution in [-0.2, 0) is 13.1 Å². The Hall–Kier alpha value is -3.37. The number of hydrogen-bond donors (Lipinski definition) is 1. The van der Waals surface area contributed by atoms with Crippen LogP contribution in [0, 0.1) is 13.8 Å². The van der Waals surface area contributed by atoms with Gasteiger partial charge in [-0.15, -0.1) is 0 Å². The topological polar surface area (TPSA) is 39.1 Å². The Morgan fingerprint density at radius 3 is 2.30 bits per heavy atom. The van der Waals surface area contributed by atoms with E-state index >= 15 is 0 Å². The van der Waals surface area contributed by atoms with E-state index in [1.165, 1.54) is 22.3 Å². The molecule has 0 aliphatic heterocycles. The van der Waals surface area contributed by atoms with Crippen molar-refractivity contribution in [2.75, 3.05) is 7.11 Å². The Bertz CT molecular complexity index is 1110. The van der Waals surface area contributed by atoms with Crippen molar-refractivity contribution in [1.82, 2.24) is 15.1 Å². The van der Waals surface area contributed by atoms with Crippen LogP contribution in [0.3, 0.4) is 0 Å². The monoisotopic (exact) mass is 397 g/mol. The van der Waals surface area contributed by atoms with Crippen molar-refractivity contribution in [3.8, 4) is 22.7 Å². The van der Waals surface area contributed by atoms with Gasteiger partial charge < -0.3 is 10.1 Å². The first-order valence-corrected chi connectivity index (χ1v) is 10.2. The van der Waals surface area contributed by atoms with E-state index in [-0.39, 0.29) is 0 Å². The lowest BCUT2D eigenvalue weighted by Gasteiger charge is -2.09. The van der Waals surface area contributed by atoms with Gasteiger partial charge in [-0.3, -0.25) is 0 Å². The zero-order chi connectivity index (χ0) is 20.9. The second kappa shape index (κ2) is 8.97. The summed E-state index contributed by atoms with van der Waals surface area (Å²) < 4.78 is 7.28. The summed E-state index contributed by atoms with van der Waals surface area (Å²) >= 11 is 0. The number of aromatic nitrogens is 2. The number of aryl methyl sites for hydroxylation is 2. The van der Waals surface area contributed by atoms with E-state index in [9.17, 15) is 0 Å². The van der Waals surface area contributed by atoms with Crippen LogP contribution in [0.2, 0.25) is 0 Å². The van der Waals surface area contributed by atoms with Crippen LogP contribution in [0.1, 0.15) is 22.3 Å². The molecule has 0 bridgehead atoms. The van der Waals surface area contributed by atoms with Crippen LogP contribution in [0.5, 0.6) is 5.75 Å². The second-order valence-corrected chi connectivity index (χ2v) is 7.55. The molecule has 0 aliphatic rings. The highest BCUT2D eigenvalue weighted by atomic mass is 16.5. The molecule has 1 N–H and O–H groups in total. The van der Waals surface area contributed by atoms with E-state index in [0.29, 0.717) is 0 Å². The summed E-state index contributed by atoms with van der Waals surface area (Å²) in [6, 6.07) is 25.0. The number of ether oxygens (including phenoxy) is 1. The van der Waals surface area contributed by atoms with Gasteiger partial charge in [0.05, 0.1) is 18.5 Å². The fourth-order valence-electron chi connectivity index (χ4n) is 3.53. The van der Waals surface area contributed by atoms with Gasteiger partial charge in [0.25, 0.3) is 0 Å². The normalized spacial score (nSPS) is 10.9. The third kappa shape index (κ3) is 4.44. The second-order valence-electron chi connectivity index (χ2n) is 7.55. The number of benzene rings is 3. The largest absolute Gasteiger partial charge is 0.497 e. The Labute approximate surface area is 178 Å². The van der Waals surface area contributed by atoms with Gasteiger partial charge >= 0.3 is 0 Å². The molecule has 30 heavy (non-hydrogen) atoms. The molecule has 152 valence electrons. The Morgan fingerprint density at radius 2 is 1.60 bits per heavy atom. The maximum atomic E-state index is 5.31. The molecule has 0 aliphatic carbocycles. The first-order valence-electron chi connectivity index (χ1n) is 10.2. The van der Waals surface area contributed by atoms with E-state index in [0.717, 1.165) is 35.8 Å². The van der Waals surface area contributed by atoms with Crippen LogP contribution in [-0.4, -0.2) is 16.9 Å². The predicted octanol–water partition coefficient (Wildman–Crippen LogP) is 5.45. The van der Waals surface area contributed by atoms with Gasteiger partial charge in [-0.25, -0.2) is 4.68 Å². The summed E-state index contributed by atoms with van der Waals surface area (Å²) in [7, 11) is 1.70. The number of rotatable bonds is 7. The third-order valence-corrected chi connectivity index (χ3v) is 5.32. The van der Waals surface area contributed by atoms with Crippen LogP contribution < -0.4 is 10.1 Å². The van der Waals surface area contributed by atoms with E-state index in [4.69, 9.17) is 9.84 Å². The van der Waals surface area contributed by atoms with E-state index in [2.05, 4.69) is 86.0 Å². The predicted molar refractivity (Wildman–Crippen MR) is 122 cm³/mol. The number of nitrogens with one attached hydrogen (secondary N) is 1. The maximum absolute atomic E-state index is 5.31. The minimum Gasteiger partial charge on any atom is -0.497 e. The lowest BCUT2D eigenvalue weighted by molar-refractivity contribution is 0.414. The Morgan fingerprint density at radius 1 is 0.867 bits per heavy atom. The molecule has 0 fully saturated rings. The van der Waals surface area contributed by atoms with Crippen molar-refractivity contribution < 1.29 is 4.74 Å². The van der Waals surface area contributed by atoms with Crippen molar-refractivity contribution in [2.24, 2.45) is 0 Å². The van der Waals surface area contributed by atoms with Gasteiger partial charge in [0, 0.05) is 30.4 Å². The smallest absolute Gasteiger partial charge is 0.119 e. The molecule has 1 aromatic heterocycles. The average Bonchev–Trinajstić information content (AvgIpc) is 3.20. The van der Waals surface area contributed by atoms with Crippen molar-refractivity contribution in [3.05, 3.63) is 101 Å². The summed E-state index contributed by atoms with van der Waals surface area (Å²) in [5.74, 6) is 0.891. The summed E-state index contributed by atoms with van der Waals surface area (Å²) in [6.45, 7) is 5.74. The van der Waals surface area contributed by atoms with E-state index < -0.39 is 0 Å². The summed E-state index contributed by atoms with van der Waals surface area (Å²) in [6.07, 6.45) is 2.13. The SMILES string of the molecule is COc1ccc(CNCc2cn(-c3ccc(C)cc3)nc2-c2ccccc2)c(C)c1. The Kier molecular flexibility index (Phi) is 5.96. The fourth-order valence-corrected chi connectivity index (χ4v) is 3.53. The molecule has 0 unspecified atom stereocenters. The molecule has 0 saturated heterocycles. The highest BCUT2D eigenvalue weighted by molar-refractivity contribution is 5.63. The molecule has 1 heterocycles. The molecule has 0 saturated carbocycles. The standard InChI is InChI=1S/C26H27N3O/c1-19-9-12-24(13-10-19)29-18-23(26(28-29)21-7-5-4-6-8-21)17-27-16-22-11-14-25(30-3)15-20(22)2/h4-15,18,27H,16-17H2,1-3H3. The van der Waals surface area contributed by atoms with Crippen LogP contribution >= 0.6 is 0 Å². The van der Waals surface area contributed by atoms with Gasteiger partial charge in [0.2, 0.25) is 0 Å². The molecule has 4 heteroatoms. The molecular weight excluding hydrogens is 370 g/mol. The first kappa shape index (κ1) is 19.9. The van der Waals surface area contributed by atoms with E-state index in [1.807, 2.05) is 16.8 Å². The van der Waals surface area contributed by atoms with Crippen molar-refractivity contribution >= 4 is 0 Å². The van der Waals surface area contributed by atoms with Gasteiger partial charge in [0.1, 0.15) is 5.75 Å². The van der Waals surface area contributed by atoms with Gasteiger partial charge in [-0.1, -0.05) is 54.1 Å². The highest BCUT2D eigenvalue weighted by Crippen LogP contribution is 2.24. The highest BCUT2D eigenvalue weighted by Gasteiger charge is 2.12. The quantitative estimate of drug-likeness (QED) is 0.450. The molecule has 3 aromatic carbocycles. The van der Waals surface area contributed by atoms with Gasteiger partial charge in [0.15, 0.2) is 0 Å². The first-order chi connectivity index (χ1) is 14.6. The maximum Gasteiger partial charge on any atom is 0.119 e. The molecule has 4 aromatic rings. The minimum atomic E-state index is 0.738. The lowest BCUT2D eigenvalue weighted by Crippen LogP contribution is -2.13. The fraction of sp³-hybridized carbons (Fsp3) is 0.192. The van der Waals surface area contributed by atoms with Crippen LogP contribution in [0.15, 0.2) is 79.0 Å². The number of nitrogens with zero attached hydrogens (tertiary/aromatic N) is 2. The van der Waals surface area contributed by atoms with Crippen molar-refractivity contribution in [1.29, 1.82) is 0 Å². The summed E-state index contributed by atoms with van der Waals surface area (Å²) in [4.78, 5) is 0. The molecule has 4 rings (SSSR count). The zero-order valence-electron chi connectivity index (χ0n) is 17.7. The summed E-state index contributed by atoms with van der Waals surface area (Å²) in [5.41, 5.74) is 8.10. The molecule has 0 atom stereocenters. The molecule has 0 amide bonds. The molecule has 0 radical (unpaired) electrons. The average molecular weight is 398 g/mol. The number of hydrogen-bond acceptors (Lipinski definition) is 3. The summed E-state index contributed by atoms with van der Waals surface area (Å²) in [5, 5.41) is 8.49. The van der Waals surface area contributed by atoms with Crippen molar-refractivity contribution in [2.45, 2.75) is 26.9 Å². The van der Waals surface area contributed by atoms with E-state index in [1.54, 1.807) is 7.11 Å². The zero-order valence-corrected chi connectivity index (χ0v) is 17.7. The molecule has 0 spiro atoms. The third-order valence-electron chi connectivity index (χ3n) is 5.32. The van der Waals surface area contributed by atoms with Crippen LogP contribution in [0.25, 0.3) is 16.9 Å². The van der Waals surface area contributed by atoms with Gasteiger partial charge in [-0.2, -0.15) is 5.10 Å². The Balaban J connectivity index is 1.57. The molecular formula is C26H27N3O. The lowest BCUT2D eigenvalue weighted by atomic mass is 10.1.